The number of pyridine rings is 2. The highest BCUT2D eigenvalue weighted by molar-refractivity contribution is 6.11. The minimum absolute atomic E-state index is 0.132. The van der Waals surface area contributed by atoms with Crippen LogP contribution < -0.4 is 10.1 Å². The number of rotatable bonds is 5. The number of fused-ring (bicyclic) bond motifs is 1. The molecule has 3 aromatic heterocycles. The first-order chi connectivity index (χ1) is 12.9. The van der Waals surface area contributed by atoms with Crippen molar-refractivity contribution in [3.63, 3.8) is 0 Å². The monoisotopic (exact) mass is 363 g/mol. The van der Waals surface area contributed by atoms with E-state index in [-0.39, 0.29) is 23.2 Å². The molecule has 0 aliphatic carbocycles. The number of hydrogen-bond acceptors (Lipinski definition) is 6. The molecule has 3 aromatic rings. The lowest BCUT2D eigenvalue weighted by molar-refractivity contribution is 0.102. The Balaban J connectivity index is 1.95. The van der Waals surface area contributed by atoms with Crippen LogP contribution in [-0.2, 0) is 7.05 Å². The summed E-state index contributed by atoms with van der Waals surface area (Å²) in [6.07, 6.45) is 3.48. The predicted octanol–water partition coefficient (Wildman–Crippen LogP) is 2.69. The highest BCUT2D eigenvalue weighted by Crippen LogP contribution is 2.24. The fraction of sp³-hybridized carbons (Fsp3) is 0.211. The second-order valence-electron chi connectivity index (χ2n) is 6.17. The van der Waals surface area contributed by atoms with Gasteiger partial charge in [0.1, 0.15) is 34.4 Å². The molecule has 3 rings (SSSR count). The lowest BCUT2D eigenvalue weighted by atomic mass is 10.2. The van der Waals surface area contributed by atoms with Crippen molar-refractivity contribution in [1.29, 1.82) is 5.26 Å². The van der Waals surface area contributed by atoms with Crippen LogP contribution in [0, 0.1) is 11.3 Å². The molecular weight excluding hydrogens is 346 g/mol. The average Bonchev–Trinajstić information content (AvgIpc) is 2.97. The van der Waals surface area contributed by atoms with Crippen LogP contribution in [0.5, 0.6) is 5.75 Å². The second-order valence-corrected chi connectivity index (χ2v) is 6.17. The number of nitrogens with one attached hydrogen (secondary N) is 1. The number of aldehydes is 1. The topological polar surface area (TPSA) is 110 Å². The van der Waals surface area contributed by atoms with Crippen molar-refractivity contribution in [2.75, 3.05) is 5.32 Å². The minimum Gasteiger partial charge on any atom is -0.489 e. The van der Waals surface area contributed by atoms with Crippen molar-refractivity contribution >= 4 is 29.0 Å². The summed E-state index contributed by atoms with van der Waals surface area (Å²) in [6.45, 7) is 3.68. The third kappa shape index (κ3) is 3.62. The van der Waals surface area contributed by atoms with Crippen molar-refractivity contribution in [3.8, 4) is 11.8 Å². The number of ether oxygens (including phenoxy) is 1. The van der Waals surface area contributed by atoms with E-state index in [1.54, 1.807) is 29.9 Å². The Morgan fingerprint density at radius 3 is 2.85 bits per heavy atom. The van der Waals surface area contributed by atoms with E-state index in [2.05, 4.69) is 15.3 Å². The predicted molar refractivity (Wildman–Crippen MR) is 98.8 cm³/mol. The number of nitrogens with zero attached hydrogens (tertiary/aromatic N) is 4. The van der Waals surface area contributed by atoms with E-state index < -0.39 is 5.91 Å². The maximum atomic E-state index is 12.7. The maximum absolute atomic E-state index is 12.7. The number of aryl methyl sites for hydroxylation is 1. The highest BCUT2D eigenvalue weighted by atomic mass is 16.5. The van der Waals surface area contributed by atoms with E-state index in [1.807, 2.05) is 19.9 Å². The number of carbonyl (C=O) groups is 2. The Kier molecular flexibility index (Phi) is 4.86. The molecule has 1 amide bonds. The zero-order chi connectivity index (χ0) is 19.6. The molecule has 1 N–H and O–H groups in total. The Bertz CT molecular complexity index is 1080. The number of nitriles is 1. The summed E-state index contributed by atoms with van der Waals surface area (Å²) in [5.41, 5.74) is 1.99. The Hall–Kier alpha value is -3.73. The van der Waals surface area contributed by atoms with Crippen molar-refractivity contribution in [2.24, 2.45) is 7.05 Å². The van der Waals surface area contributed by atoms with Gasteiger partial charge in [0, 0.05) is 19.3 Å². The molecule has 27 heavy (non-hydrogen) atoms. The molecule has 136 valence electrons. The molecule has 0 saturated carbocycles. The van der Waals surface area contributed by atoms with Crippen molar-refractivity contribution in [1.82, 2.24) is 14.5 Å². The van der Waals surface area contributed by atoms with Crippen LogP contribution in [0.4, 0.5) is 5.82 Å². The first-order valence-electron chi connectivity index (χ1n) is 8.22. The van der Waals surface area contributed by atoms with E-state index in [9.17, 15) is 9.59 Å². The van der Waals surface area contributed by atoms with E-state index in [4.69, 9.17) is 10.00 Å². The fourth-order valence-electron chi connectivity index (χ4n) is 2.63. The molecule has 8 heteroatoms. The third-order valence-corrected chi connectivity index (χ3v) is 3.81. The van der Waals surface area contributed by atoms with Crippen LogP contribution in [0.15, 0.2) is 30.6 Å². The van der Waals surface area contributed by atoms with Crippen LogP contribution in [0.25, 0.3) is 11.0 Å². The van der Waals surface area contributed by atoms with Crippen LogP contribution in [0.3, 0.4) is 0 Å². The fourth-order valence-corrected chi connectivity index (χ4v) is 2.63. The van der Waals surface area contributed by atoms with Crippen LogP contribution in [-0.4, -0.2) is 32.8 Å². The molecule has 0 saturated heterocycles. The van der Waals surface area contributed by atoms with Crippen molar-refractivity contribution in [2.45, 2.75) is 20.0 Å². The molecule has 0 atom stereocenters. The smallest absolute Gasteiger partial charge is 0.260 e. The van der Waals surface area contributed by atoms with Gasteiger partial charge in [-0.15, -0.1) is 0 Å². The second kappa shape index (κ2) is 7.25. The van der Waals surface area contributed by atoms with Gasteiger partial charge in [0.2, 0.25) is 0 Å². The van der Waals surface area contributed by atoms with E-state index >= 15 is 0 Å². The summed E-state index contributed by atoms with van der Waals surface area (Å²) in [6, 6.07) is 6.84. The molecule has 0 spiro atoms. The summed E-state index contributed by atoms with van der Waals surface area (Å²) in [5.74, 6) is 0.166. The van der Waals surface area contributed by atoms with Gasteiger partial charge in [-0.3, -0.25) is 9.59 Å². The van der Waals surface area contributed by atoms with Crippen molar-refractivity contribution in [3.05, 3.63) is 47.4 Å². The molecule has 0 aliphatic heterocycles. The Morgan fingerprint density at radius 1 is 1.41 bits per heavy atom. The third-order valence-electron chi connectivity index (χ3n) is 3.81. The number of carbonyl (C=O) groups excluding carboxylic acids is 2. The summed E-state index contributed by atoms with van der Waals surface area (Å²) in [4.78, 5) is 32.0. The number of aromatic nitrogens is 3. The summed E-state index contributed by atoms with van der Waals surface area (Å²) in [5, 5.41) is 11.8. The molecular formula is C19H17N5O3. The molecule has 0 bridgehead atoms. The minimum atomic E-state index is -0.427. The molecule has 8 nitrogen and oxygen atoms in total. The molecule has 0 fully saturated rings. The maximum Gasteiger partial charge on any atom is 0.260 e. The molecule has 0 aliphatic rings. The SMILES string of the molecule is CC(C)Oc1cc(NC(=O)c2cn(C)c3ccc(C=O)nc23)ncc1C#N. The molecule has 0 aromatic carbocycles. The number of hydrogen-bond donors (Lipinski definition) is 1. The van der Waals surface area contributed by atoms with Gasteiger partial charge in [0.25, 0.3) is 5.91 Å². The van der Waals surface area contributed by atoms with E-state index in [0.29, 0.717) is 23.1 Å². The lowest BCUT2D eigenvalue weighted by Gasteiger charge is -2.12. The van der Waals surface area contributed by atoms with E-state index in [1.165, 1.54) is 12.3 Å². The molecule has 3 heterocycles. The van der Waals surface area contributed by atoms with Gasteiger partial charge in [0.15, 0.2) is 6.29 Å². The van der Waals surface area contributed by atoms with Gasteiger partial charge >= 0.3 is 0 Å². The first-order valence-corrected chi connectivity index (χ1v) is 8.22. The largest absolute Gasteiger partial charge is 0.489 e. The first kappa shape index (κ1) is 18.1. The van der Waals surface area contributed by atoms with Crippen molar-refractivity contribution < 1.29 is 14.3 Å². The van der Waals surface area contributed by atoms with E-state index in [0.717, 1.165) is 5.52 Å². The van der Waals surface area contributed by atoms with Crippen LogP contribution in [0.1, 0.15) is 40.3 Å². The van der Waals surface area contributed by atoms with Crippen LogP contribution >= 0.6 is 0 Å². The zero-order valence-electron chi connectivity index (χ0n) is 15.1. The molecule has 0 radical (unpaired) electrons. The Labute approximate surface area is 155 Å². The number of anilines is 1. The van der Waals surface area contributed by atoms with Gasteiger partial charge < -0.3 is 14.6 Å². The summed E-state index contributed by atoms with van der Waals surface area (Å²) in [7, 11) is 1.79. The van der Waals surface area contributed by atoms with Gasteiger partial charge in [-0.1, -0.05) is 0 Å². The average molecular weight is 363 g/mol. The summed E-state index contributed by atoms with van der Waals surface area (Å²) >= 11 is 0. The molecule has 0 unspecified atom stereocenters. The van der Waals surface area contributed by atoms with Gasteiger partial charge in [0.05, 0.1) is 23.4 Å². The Morgan fingerprint density at radius 2 is 2.19 bits per heavy atom. The quantitative estimate of drug-likeness (QED) is 0.698. The normalized spacial score (nSPS) is 10.6. The van der Waals surface area contributed by atoms with Crippen LogP contribution in [0.2, 0.25) is 0 Å². The van der Waals surface area contributed by atoms with Gasteiger partial charge in [-0.05, 0) is 26.0 Å². The lowest BCUT2D eigenvalue weighted by Crippen LogP contribution is -2.14. The standard InChI is InChI=1S/C19H17N5O3/c1-11(2)27-16-6-17(21-8-12(16)7-20)23-19(26)14-9-24(3)15-5-4-13(10-25)22-18(14)15/h4-6,8-11H,1-3H3,(H,21,23,26). The van der Waals surface area contributed by atoms with Gasteiger partial charge in [-0.25, -0.2) is 9.97 Å². The number of amides is 1. The highest BCUT2D eigenvalue weighted by Gasteiger charge is 2.17. The zero-order valence-corrected chi connectivity index (χ0v) is 15.1. The summed E-state index contributed by atoms with van der Waals surface area (Å²) < 4.78 is 7.35. The van der Waals surface area contributed by atoms with Gasteiger partial charge in [-0.2, -0.15) is 5.26 Å².